The van der Waals surface area contributed by atoms with Gasteiger partial charge in [0.15, 0.2) is 0 Å². The lowest BCUT2D eigenvalue weighted by atomic mass is 9.94. The molecule has 5 heteroatoms. The van der Waals surface area contributed by atoms with Crippen molar-refractivity contribution in [2.45, 2.75) is 52.1 Å². The van der Waals surface area contributed by atoms with Gasteiger partial charge in [0, 0.05) is 6.54 Å². The van der Waals surface area contributed by atoms with Crippen molar-refractivity contribution in [3.05, 3.63) is 0 Å². The zero-order valence-electron chi connectivity index (χ0n) is 10.7. The largest absolute Gasteiger partial charge is 0.480 e. The molecule has 0 spiro atoms. The van der Waals surface area contributed by atoms with Gasteiger partial charge in [-0.1, -0.05) is 6.92 Å². The van der Waals surface area contributed by atoms with Crippen LogP contribution < -0.4 is 5.73 Å². The van der Waals surface area contributed by atoms with E-state index in [1.807, 2.05) is 0 Å². The van der Waals surface area contributed by atoms with Crippen molar-refractivity contribution in [3.8, 4) is 0 Å². The molecular formula is C11H22N2O3. The van der Waals surface area contributed by atoms with E-state index in [-0.39, 0.29) is 5.91 Å². The molecule has 0 bridgehead atoms. The lowest BCUT2D eigenvalue weighted by molar-refractivity contribution is -0.158. The zero-order valence-corrected chi connectivity index (χ0v) is 10.7. The standard InChI is InChI=1S/C11H22N2O3/c1-6-11(5,12)8(14)13(7-2)10(3,4)9(15)16/h6-7,12H2,1-5H3,(H,15,16). The van der Waals surface area contributed by atoms with Gasteiger partial charge in [-0.2, -0.15) is 0 Å². The summed E-state index contributed by atoms with van der Waals surface area (Å²) in [4.78, 5) is 24.5. The number of nitrogens with two attached hydrogens (primary N) is 1. The Morgan fingerprint density at radius 3 is 1.94 bits per heavy atom. The highest BCUT2D eigenvalue weighted by molar-refractivity contribution is 5.91. The Morgan fingerprint density at radius 2 is 1.69 bits per heavy atom. The normalized spacial score (nSPS) is 15.4. The number of likely N-dealkylation sites (N-methyl/N-ethyl adjacent to an activating group) is 1. The van der Waals surface area contributed by atoms with Crippen molar-refractivity contribution >= 4 is 11.9 Å². The third-order valence-corrected chi connectivity index (χ3v) is 2.98. The highest BCUT2D eigenvalue weighted by atomic mass is 16.4. The number of carbonyl (C=O) groups is 2. The van der Waals surface area contributed by atoms with E-state index in [2.05, 4.69) is 0 Å². The van der Waals surface area contributed by atoms with Gasteiger partial charge in [0.2, 0.25) is 5.91 Å². The molecule has 0 aromatic heterocycles. The predicted molar refractivity (Wildman–Crippen MR) is 62.0 cm³/mol. The van der Waals surface area contributed by atoms with Crippen LogP contribution in [0.15, 0.2) is 0 Å². The number of aliphatic carboxylic acids is 1. The van der Waals surface area contributed by atoms with Crippen LogP contribution >= 0.6 is 0 Å². The second-order valence-corrected chi connectivity index (χ2v) is 4.68. The smallest absolute Gasteiger partial charge is 0.329 e. The summed E-state index contributed by atoms with van der Waals surface area (Å²) < 4.78 is 0. The Bertz CT molecular complexity index is 285. The zero-order chi connectivity index (χ0) is 13.1. The Morgan fingerprint density at radius 1 is 1.25 bits per heavy atom. The summed E-state index contributed by atoms with van der Waals surface area (Å²) in [5, 5.41) is 9.10. The summed E-state index contributed by atoms with van der Waals surface area (Å²) in [5.41, 5.74) is 3.60. The molecular weight excluding hydrogens is 208 g/mol. The summed E-state index contributed by atoms with van der Waals surface area (Å²) >= 11 is 0. The number of rotatable bonds is 5. The van der Waals surface area contributed by atoms with Crippen LogP contribution in [-0.2, 0) is 9.59 Å². The lowest BCUT2D eigenvalue weighted by Crippen LogP contribution is -2.61. The molecule has 0 aromatic rings. The fourth-order valence-electron chi connectivity index (χ4n) is 1.37. The fourth-order valence-corrected chi connectivity index (χ4v) is 1.37. The molecule has 0 heterocycles. The number of hydrogen-bond acceptors (Lipinski definition) is 3. The van der Waals surface area contributed by atoms with Crippen LogP contribution in [0.3, 0.4) is 0 Å². The molecule has 1 amide bonds. The second kappa shape index (κ2) is 4.82. The van der Waals surface area contributed by atoms with E-state index in [4.69, 9.17) is 10.8 Å². The Kier molecular flexibility index (Phi) is 4.49. The van der Waals surface area contributed by atoms with Crippen LogP contribution in [0.1, 0.15) is 41.0 Å². The van der Waals surface area contributed by atoms with Crippen molar-refractivity contribution in [2.75, 3.05) is 6.54 Å². The van der Waals surface area contributed by atoms with Crippen LogP contribution in [0.4, 0.5) is 0 Å². The molecule has 0 saturated carbocycles. The number of carbonyl (C=O) groups excluding carboxylic acids is 1. The van der Waals surface area contributed by atoms with Gasteiger partial charge in [-0.3, -0.25) is 4.79 Å². The molecule has 16 heavy (non-hydrogen) atoms. The van der Waals surface area contributed by atoms with E-state index in [0.717, 1.165) is 0 Å². The molecule has 0 aromatic carbocycles. The molecule has 94 valence electrons. The third kappa shape index (κ3) is 2.72. The van der Waals surface area contributed by atoms with E-state index in [1.165, 1.54) is 18.7 Å². The molecule has 0 fully saturated rings. The Balaban J connectivity index is 5.17. The number of hydrogen-bond donors (Lipinski definition) is 2. The minimum absolute atomic E-state index is 0.324. The van der Waals surface area contributed by atoms with Gasteiger partial charge in [0.1, 0.15) is 5.54 Å². The highest BCUT2D eigenvalue weighted by Crippen LogP contribution is 2.20. The molecule has 1 unspecified atom stereocenters. The molecule has 0 aliphatic heterocycles. The third-order valence-electron chi connectivity index (χ3n) is 2.98. The average Bonchev–Trinajstić information content (AvgIpc) is 2.18. The molecule has 0 radical (unpaired) electrons. The first kappa shape index (κ1) is 14.9. The number of amides is 1. The van der Waals surface area contributed by atoms with Crippen LogP contribution in [0.25, 0.3) is 0 Å². The summed E-state index contributed by atoms with van der Waals surface area (Å²) in [7, 11) is 0. The monoisotopic (exact) mass is 230 g/mol. The first-order chi connectivity index (χ1) is 7.11. The molecule has 0 rings (SSSR count). The second-order valence-electron chi connectivity index (χ2n) is 4.68. The maximum Gasteiger partial charge on any atom is 0.329 e. The average molecular weight is 230 g/mol. The van der Waals surface area contributed by atoms with Gasteiger partial charge in [-0.15, -0.1) is 0 Å². The molecule has 3 N–H and O–H groups in total. The van der Waals surface area contributed by atoms with Crippen molar-refractivity contribution in [1.29, 1.82) is 0 Å². The Hall–Kier alpha value is -1.10. The molecule has 0 saturated heterocycles. The van der Waals surface area contributed by atoms with Gasteiger partial charge in [-0.05, 0) is 34.1 Å². The van der Waals surface area contributed by atoms with Crippen LogP contribution in [-0.4, -0.2) is 39.5 Å². The van der Waals surface area contributed by atoms with Crippen molar-refractivity contribution in [1.82, 2.24) is 4.90 Å². The first-order valence-electron chi connectivity index (χ1n) is 5.45. The maximum absolute atomic E-state index is 12.1. The number of carboxylic acid groups (broad SMARTS) is 1. The van der Waals surface area contributed by atoms with Crippen LogP contribution in [0.2, 0.25) is 0 Å². The summed E-state index contributed by atoms with van der Waals surface area (Å²) in [5.74, 6) is -1.36. The topological polar surface area (TPSA) is 83.6 Å². The van der Waals surface area contributed by atoms with Crippen molar-refractivity contribution in [2.24, 2.45) is 5.73 Å². The van der Waals surface area contributed by atoms with E-state index < -0.39 is 17.0 Å². The van der Waals surface area contributed by atoms with Crippen molar-refractivity contribution < 1.29 is 14.7 Å². The number of carboxylic acids is 1. The molecule has 0 aliphatic carbocycles. The minimum atomic E-state index is -1.23. The Labute approximate surface area is 96.6 Å². The van der Waals surface area contributed by atoms with E-state index in [9.17, 15) is 9.59 Å². The quantitative estimate of drug-likeness (QED) is 0.732. The SMILES string of the molecule is CCN(C(=O)C(C)(N)CC)C(C)(C)C(=O)O. The number of nitrogens with zero attached hydrogens (tertiary/aromatic N) is 1. The maximum atomic E-state index is 12.1. The van der Waals surface area contributed by atoms with Crippen LogP contribution in [0, 0.1) is 0 Å². The van der Waals surface area contributed by atoms with E-state index in [1.54, 1.807) is 20.8 Å². The summed E-state index contributed by atoms with van der Waals surface area (Å²) in [6.45, 7) is 8.50. The van der Waals surface area contributed by atoms with E-state index in [0.29, 0.717) is 13.0 Å². The fraction of sp³-hybridized carbons (Fsp3) is 0.818. The van der Waals surface area contributed by atoms with Gasteiger partial charge >= 0.3 is 5.97 Å². The van der Waals surface area contributed by atoms with Crippen LogP contribution in [0.5, 0.6) is 0 Å². The van der Waals surface area contributed by atoms with Gasteiger partial charge < -0.3 is 15.7 Å². The molecule has 0 aliphatic rings. The van der Waals surface area contributed by atoms with Crippen molar-refractivity contribution in [3.63, 3.8) is 0 Å². The predicted octanol–water partition coefficient (Wildman–Crippen LogP) is 0.825. The van der Waals surface area contributed by atoms with E-state index >= 15 is 0 Å². The lowest BCUT2D eigenvalue weighted by Gasteiger charge is -2.39. The minimum Gasteiger partial charge on any atom is -0.480 e. The first-order valence-corrected chi connectivity index (χ1v) is 5.45. The summed E-state index contributed by atoms with van der Waals surface area (Å²) in [6.07, 6.45) is 0.470. The molecule has 5 nitrogen and oxygen atoms in total. The molecule has 1 atom stereocenters. The van der Waals surface area contributed by atoms with Gasteiger partial charge in [0.05, 0.1) is 5.54 Å². The van der Waals surface area contributed by atoms with Gasteiger partial charge in [-0.25, -0.2) is 4.79 Å². The highest BCUT2D eigenvalue weighted by Gasteiger charge is 2.41. The van der Waals surface area contributed by atoms with Gasteiger partial charge in [0.25, 0.3) is 0 Å². The summed E-state index contributed by atoms with van der Waals surface area (Å²) in [6, 6.07) is 0.